The maximum atomic E-state index is 3.44. The van der Waals surface area contributed by atoms with Crippen molar-refractivity contribution in [1.29, 1.82) is 0 Å². The third-order valence-electron chi connectivity index (χ3n) is 3.64. The molecule has 1 heterocycles. The average molecular weight is 385 g/mol. The van der Waals surface area contributed by atoms with Crippen LogP contribution in [0.1, 0.15) is 19.8 Å². The van der Waals surface area contributed by atoms with Gasteiger partial charge in [-0.05, 0) is 6.16 Å². The van der Waals surface area contributed by atoms with E-state index in [-0.39, 0.29) is 46.5 Å². The first-order valence-corrected chi connectivity index (χ1v) is 8.75. The van der Waals surface area contributed by atoms with E-state index in [0.717, 1.165) is 6.42 Å². The predicted octanol–water partition coefficient (Wildman–Crippen LogP) is -0.527. The van der Waals surface area contributed by atoms with Crippen LogP contribution < -0.4 is 24.8 Å². The molecule has 0 aromatic heterocycles. The number of fused-ring (bicyclic) bond motifs is 2. The molecule has 4 rings (SSSR count). The minimum Gasteiger partial charge on any atom is -1.00 e. The van der Waals surface area contributed by atoms with Gasteiger partial charge in [-0.15, -0.1) is 44.0 Å². The van der Waals surface area contributed by atoms with Gasteiger partial charge in [0.1, 0.15) is 0 Å². The van der Waals surface area contributed by atoms with Crippen LogP contribution in [0.4, 0.5) is 0 Å². The van der Waals surface area contributed by atoms with Crippen molar-refractivity contribution in [2.75, 3.05) is 12.3 Å². The zero-order chi connectivity index (χ0) is 13.1. The largest absolute Gasteiger partial charge is 4.00 e. The smallest absolute Gasteiger partial charge is 1.00 e. The summed E-state index contributed by atoms with van der Waals surface area (Å²) >= 11 is 0. The normalized spacial score (nSPS) is 17.2. The van der Waals surface area contributed by atoms with Crippen molar-refractivity contribution in [3.8, 4) is 0 Å². The summed E-state index contributed by atoms with van der Waals surface area (Å²) in [4.78, 5) is 0. The van der Waals surface area contributed by atoms with Crippen LogP contribution in [-0.4, -0.2) is 12.3 Å². The van der Waals surface area contributed by atoms with Crippen molar-refractivity contribution in [2.45, 2.75) is 19.8 Å². The van der Waals surface area contributed by atoms with E-state index < -0.39 is 0 Å². The number of hydrogen-bond donors (Lipinski definition) is 0. The van der Waals surface area contributed by atoms with Gasteiger partial charge in [0.15, 0.2) is 0 Å². The Morgan fingerprint density at radius 1 is 1.18 bits per heavy atom. The van der Waals surface area contributed by atoms with Gasteiger partial charge in [0.05, 0.1) is 0 Å². The molecule has 0 bridgehead atoms. The van der Waals surface area contributed by atoms with Crippen LogP contribution in [0.15, 0.2) is 59.4 Å². The molecule has 1 fully saturated rings. The topological polar surface area (TPSA) is 0 Å². The third-order valence-corrected chi connectivity index (χ3v) is 6.43. The summed E-state index contributed by atoms with van der Waals surface area (Å²) in [5.41, 5.74) is 1.62. The molecule has 1 aliphatic heterocycles. The average Bonchev–Trinajstić information content (AvgIpc) is 3.03. The molecule has 4 heteroatoms. The maximum Gasteiger partial charge on any atom is 4.00 e. The van der Waals surface area contributed by atoms with Gasteiger partial charge in [0.25, 0.3) is 0 Å². The van der Waals surface area contributed by atoms with E-state index in [4.69, 9.17) is 0 Å². The molecule has 2 aromatic carbocycles. The van der Waals surface area contributed by atoms with Crippen LogP contribution in [0.5, 0.6) is 0 Å². The Labute approximate surface area is 162 Å². The Balaban J connectivity index is 0.000000354. The fourth-order valence-electron chi connectivity index (χ4n) is 2.66. The maximum absolute atomic E-state index is 3.44. The van der Waals surface area contributed by atoms with Crippen molar-refractivity contribution in [1.82, 2.24) is 0 Å². The second-order valence-electron chi connectivity index (χ2n) is 5.04. The van der Waals surface area contributed by atoms with Gasteiger partial charge in [-0.3, -0.25) is 6.08 Å². The minimum absolute atomic E-state index is 0. The monoisotopic (exact) mass is 384 g/mol. The van der Waals surface area contributed by atoms with Crippen LogP contribution in [0, 0.1) is 6.08 Å². The molecule has 1 atom stereocenters. The Bertz CT molecular complexity index is 601. The molecule has 1 saturated heterocycles. The standard InChI is InChI=1S/C9H12P.C9H7.2ClH.Ti/c1-2-6-10-7-8-4-3-5-9(8)10;1-2-5-9-7-3-6-8(9)4-1;;;/h4H,2-3,6-7H2,1H3;1-7H;2*1H;/q2*-1;;;+4/p-2. The molecule has 2 aliphatic rings. The van der Waals surface area contributed by atoms with E-state index in [1.165, 1.54) is 29.5 Å². The molecule has 0 spiro atoms. The summed E-state index contributed by atoms with van der Waals surface area (Å²) in [6, 6.07) is 14.7. The van der Waals surface area contributed by atoms with Crippen molar-refractivity contribution >= 4 is 18.7 Å². The molecular weight excluding hydrogens is 366 g/mol. The predicted molar refractivity (Wildman–Crippen MR) is 85.9 cm³/mol. The van der Waals surface area contributed by atoms with Crippen molar-refractivity contribution in [3.05, 3.63) is 65.5 Å². The van der Waals surface area contributed by atoms with Crippen LogP contribution in [-0.2, 0) is 21.7 Å². The van der Waals surface area contributed by atoms with Gasteiger partial charge in [0, 0.05) is 0 Å². The zero-order valence-corrected chi connectivity index (χ0v) is 16.6. The Kier molecular flexibility index (Phi) is 10.8. The molecule has 2 aromatic rings. The SMILES string of the molecule is CCCP1CC2=CC[C-]=C21.[Cl-].[Cl-].[Ti+4].c1ccc2[cH-]ccc2c1. The minimum atomic E-state index is 0. The quantitative estimate of drug-likeness (QED) is 0.371. The van der Waals surface area contributed by atoms with Gasteiger partial charge >= 0.3 is 21.7 Å². The van der Waals surface area contributed by atoms with Crippen LogP contribution >= 0.6 is 7.92 Å². The van der Waals surface area contributed by atoms with Crippen LogP contribution in [0.25, 0.3) is 10.8 Å². The van der Waals surface area contributed by atoms with Gasteiger partial charge in [-0.2, -0.15) is 34.5 Å². The number of allylic oxidation sites excluding steroid dienone is 4. The fourth-order valence-corrected chi connectivity index (χ4v) is 5.06. The van der Waals surface area contributed by atoms with E-state index >= 15 is 0 Å². The first kappa shape index (κ1) is 22.0. The van der Waals surface area contributed by atoms with Gasteiger partial charge in [0.2, 0.25) is 0 Å². The Morgan fingerprint density at radius 2 is 1.95 bits per heavy atom. The number of hydrogen-bond acceptors (Lipinski definition) is 0. The Hall–Kier alpha value is 0.0343. The second-order valence-corrected chi connectivity index (χ2v) is 7.33. The first-order valence-electron chi connectivity index (χ1n) is 7.04. The first-order chi connectivity index (χ1) is 9.38. The molecule has 22 heavy (non-hydrogen) atoms. The molecule has 0 radical (unpaired) electrons. The van der Waals surface area contributed by atoms with Crippen molar-refractivity contribution in [2.24, 2.45) is 0 Å². The van der Waals surface area contributed by atoms with Gasteiger partial charge in [-0.1, -0.05) is 25.6 Å². The molecular formula is C18H19Cl2PTi. The van der Waals surface area contributed by atoms with Gasteiger partial charge in [-0.25, -0.2) is 0 Å². The summed E-state index contributed by atoms with van der Waals surface area (Å²) in [6.07, 6.45) is 11.1. The summed E-state index contributed by atoms with van der Waals surface area (Å²) in [7, 11) is 0.299. The van der Waals surface area contributed by atoms with E-state index in [1.807, 2.05) is 0 Å². The molecule has 114 valence electrons. The number of halogens is 2. The molecule has 0 saturated carbocycles. The fraction of sp³-hybridized carbons (Fsp3) is 0.278. The van der Waals surface area contributed by atoms with Crippen LogP contribution in [0.3, 0.4) is 0 Å². The molecule has 1 unspecified atom stereocenters. The third kappa shape index (κ3) is 5.02. The number of benzene rings is 1. The molecule has 0 amide bonds. The van der Waals surface area contributed by atoms with Crippen molar-refractivity contribution in [3.63, 3.8) is 0 Å². The second kappa shape index (κ2) is 10.7. The van der Waals surface area contributed by atoms with Crippen LogP contribution in [0.2, 0.25) is 0 Å². The molecule has 0 nitrogen and oxygen atoms in total. The summed E-state index contributed by atoms with van der Waals surface area (Å²) in [6.45, 7) is 2.28. The van der Waals surface area contributed by atoms with Crippen molar-refractivity contribution < 1.29 is 46.5 Å². The van der Waals surface area contributed by atoms with E-state index in [9.17, 15) is 0 Å². The molecule has 0 N–H and O–H groups in total. The number of rotatable bonds is 2. The summed E-state index contributed by atoms with van der Waals surface area (Å²) in [5, 5.41) is 4.28. The van der Waals surface area contributed by atoms with Gasteiger partial charge < -0.3 is 24.8 Å². The zero-order valence-electron chi connectivity index (χ0n) is 12.7. The van der Waals surface area contributed by atoms with E-state index in [0.29, 0.717) is 7.92 Å². The Morgan fingerprint density at radius 3 is 2.64 bits per heavy atom. The summed E-state index contributed by atoms with van der Waals surface area (Å²) in [5.74, 6) is 0. The molecule has 1 aliphatic carbocycles. The van der Waals surface area contributed by atoms with E-state index in [2.05, 4.69) is 61.5 Å². The summed E-state index contributed by atoms with van der Waals surface area (Å²) < 4.78 is 0. The van der Waals surface area contributed by atoms with E-state index in [1.54, 1.807) is 10.9 Å².